The van der Waals surface area contributed by atoms with Crippen LogP contribution in [0.5, 0.6) is 5.75 Å². The molecule has 9 heteroatoms. The average molecular weight is 640 g/mol. The number of benzene rings is 4. The van der Waals surface area contributed by atoms with E-state index in [1.165, 1.54) is 6.21 Å². The number of para-hydroxylation sites is 1. The molecular weight excluding hydrogens is 621 g/mol. The van der Waals surface area contributed by atoms with Crippen LogP contribution in [0.1, 0.15) is 21.5 Å². The zero-order valence-electron chi connectivity index (χ0n) is 20.2. The highest BCUT2D eigenvalue weighted by Crippen LogP contribution is 2.33. The van der Waals surface area contributed by atoms with Crippen LogP contribution in [-0.4, -0.2) is 17.1 Å². The average Bonchev–Trinajstić information content (AvgIpc) is 2.94. The van der Waals surface area contributed by atoms with E-state index in [0.29, 0.717) is 47.6 Å². The van der Waals surface area contributed by atoms with Gasteiger partial charge in [-0.3, -0.25) is 4.79 Å². The molecule has 0 unspecified atom stereocenters. The number of nitrogens with one attached hydrogen (secondary N) is 1. The van der Waals surface area contributed by atoms with E-state index in [1.54, 1.807) is 30.3 Å². The largest absolute Gasteiger partial charge is 0.487 e. The highest BCUT2D eigenvalue weighted by Gasteiger charge is 2.14. The van der Waals surface area contributed by atoms with Crippen LogP contribution < -0.4 is 10.2 Å². The molecule has 4 aromatic carbocycles. The summed E-state index contributed by atoms with van der Waals surface area (Å²) in [5, 5.41) is 6.32. The molecule has 5 aromatic rings. The Morgan fingerprint density at radius 1 is 0.923 bits per heavy atom. The fourth-order valence-corrected chi connectivity index (χ4v) is 5.22. The van der Waals surface area contributed by atoms with Gasteiger partial charge < -0.3 is 4.74 Å². The van der Waals surface area contributed by atoms with Gasteiger partial charge in [-0.2, -0.15) is 5.10 Å². The molecule has 194 valence electrons. The van der Waals surface area contributed by atoms with Crippen molar-refractivity contribution in [3.63, 3.8) is 0 Å². The van der Waals surface area contributed by atoms with Crippen LogP contribution in [0.25, 0.3) is 22.2 Å². The minimum Gasteiger partial charge on any atom is -0.487 e. The molecule has 5 nitrogen and oxygen atoms in total. The number of hydrogen-bond donors (Lipinski definition) is 1. The number of halogens is 4. The van der Waals surface area contributed by atoms with Crippen molar-refractivity contribution in [2.45, 2.75) is 6.61 Å². The zero-order valence-corrected chi connectivity index (χ0v) is 24.0. The lowest BCUT2D eigenvalue weighted by Crippen LogP contribution is -2.18. The summed E-state index contributed by atoms with van der Waals surface area (Å²) in [4.78, 5) is 18.0. The second-order valence-electron chi connectivity index (χ2n) is 8.48. The number of pyridine rings is 1. The summed E-state index contributed by atoms with van der Waals surface area (Å²) in [7, 11) is 0. The third kappa shape index (κ3) is 6.43. The fraction of sp³-hybridized carbons (Fsp3) is 0.0333. The van der Waals surface area contributed by atoms with Gasteiger partial charge in [0.15, 0.2) is 0 Å². The number of carbonyl (C=O) groups excluding carboxylic acids is 1. The number of carbonyl (C=O) groups is 1. The maximum atomic E-state index is 13.3. The van der Waals surface area contributed by atoms with E-state index in [0.717, 1.165) is 16.5 Å². The maximum Gasteiger partial charge on any atom is 0.272 e. The second-order valence-corrected chi connectivity index (χ2v) is 10.6. The molecule has 0 aliphatic carbocycles. The number of hydrogen-bond acceptors (Lipinski definition) is 4. The van der Waals surface area contributed by atoms with Crippen LogP contribution >= 0.6 is 50.7 Å². The summed E-state index contributed by atoms with van der Waals surface area (Å²) in [6.45, 7) is 0.232. The Morgan fingerprint density at radius 3 is 2.49 bits per heavy atom. The van der Waals surface area contributed by atoms with Gasteiger partial charge in [-0.15, -0.1) is 0 Å². The normalized spacial score (nSPS) is 11.2. The van der Waals surface area contributed by atoms with Gasteiger partial charge >= 0.3 is 0 Å². The molecule has 1 N–H and O–H groups in total. The third-order valence-electron chi connectivity index (χ3n) is 5.80. The Labute approximate surface area is 248 Å². The van der Waals surface area contributed by atoms with E-state index >= 15 is 0 Å². The molecule has 0 aliphatic heterocycles. The summed E-state index contributed by atoms with van der Waals surface area (Å²) >= 11 is 21.9. The zero-order chi connectivity index (χ0) is 27.4. The van der Waals surface area contributed by atoms with E-state index in [-0.39, 0.29) is 12.5 Å². The Hall–Kier alpha value is -3.42. The molecular formula is C30H19BrCl3N3O2. The van der Waals surface area contributed by atoms with Crippen LogP contribution in [0, 0.1) is 0 Å². The van der Waals surface area contributed by atoms with Gasteiger partial charge in [-0.05, 0) is 57.9 Å². The van der Waals surface area contributed by atoms with Gasteiger partial charge in [0.25, 0.3) is 5.91 Å². The fourth-order valence-electron chi connectivity index (χ4n) is 3.95. The molecule has 0 radical (unpaired) electrons. The third-order valence-corrected chi connectivity index (χ3v) is 7.35. The Bertz CT molecular complexity index is 1710. The Morgan fingerprint density at radius 2 is 1.69 bits per heavy atom. The van der Waals surface area contributed by atoms with E-state index in [2.05, 4.69) is 26.5 Å². The van der Waals surface area contributed by atoms with Gasteiger partial charge in [0.05, 0.1) is 37.5 Å². The first-order chi connectivity index (χ1) is 18.9. The van der Waals surface area contributed by atoms with Crippen LogP contribution in [0.15, 0.2) is 101 Å². The molecule has 0 bridgehead atoms. The molecule has 39 heavy (non-hydrogen) atoms. The summed E-state index contributed by atoms with van der Waals surface area (Å²) < 4.78 is 6.68. The predicted molar refractivity (Wildman–Crippen MR) is 162 cm³/mol. The summed E-state index contributed by atoms with van der Waals surface area (Å²) in [6, 6.07) is 27.7. The number of aromatic nitrogens is 1. The summed E-state index contributed by atoms with van der Waals surface area (Å²) in [5.74, 6) is 0.130. The molecule has 1 aromatic heterocycles. The van der Waals surface area contributed by atoms with Crippen molar-refractivity contribution in [3.05, 3.63) is 127 Å². The Kier molecular flexibility index (Phi) is 8.48. The van der Waals surface area contributed by atoms with Crippen molar-refractivity contribution in [1.29, 1.82) is 0 Å². The number of nitrogens with zero attached hydrogens (tertiary/aromatic N) is 2. The first-order valence-corrected chi connectivity index (χ1v) is 13.7. The quantitative estimate of drug-likeness (QED) is 0.143. The van der Waals surface area contributed by atoms with E-state index in [1.807, 2.05) is 60.7 Å². The lowest BCUT2D eigenvalue weighted by molar-refractivity contribution is 0.0956. The minimum atomic E-state index is -0.374. The topological polar surface area (TPSA) is 63.6 Å². The molecule has 0 atom stereocenters. The van der Waals surface area contributed by atoms with Gasteiger partial charge in [-0.1, -0.05) is 89.4 Å². The molecule has 0 fully saturated rings. The molecule has 0 spiro atoms. The van der Waals surface area contributed by atoms with Gasteiger partial charge in [0.2, 0.25) is 0 Å². The lowest BCUT2D eigenvalue weighted by atomic mass is 10.0. The molecule has 1 heterocycles. The molecule has 5 rings (SSSR count). The second kappa shape index (κ2) is 12.2. The molecule has 1 amide bonds. The van der Waals surface area contributed by atoms with Crippen molar-refractivity contribution in [1.82, 2.24) is 10.4 Å². The van der Waals surface area contributed by atoms with Gasteiger partial charge in [0, 0.05) is 21.5 Å². The number of ether oxygens (including phenoxy) is 1. The first-order valence-electron chi connectivity index (χ1n) is 11.7. The monoisotopic (exact) mass is 637 g/mol. The number of fused-ring (bicyclic) bond motifs is 1. The van der Waals surface area contributed by atoms with Crippen molar-refractivity contribution in [3.8, 4) is 17.0 Å². The van der Waals surface area contributed by atoms with Crippen molar-refractivity contribution < 1.29 is 9.53 Å². The number of hydrazone groups is 1. The van der Waals surface area contributed by atoms with Crippen molar-refractivity contribution in [2.75, 3.05) is 0 Å². The number of rotatable bonds is 7. The van der Waals surface area contributed by atoms with Crippen molar-refractivity contribution in [2.24, 2.45) is 5.10 Å². The first kappa shape index (κ1) is 27.2. The van der Waals surface area contributed by atoms with Gasteiger partial charge in [-0.25, -0.2) is 10.4 Å². The van der Waals surface area contributed by atoms with Crippen LogP contribution in [0.4, 0.5) is 0 Å². The molecule has 0 saturated carbocycles. The SMILES string of the molecule is O=C(N/N=C\c1cc(Cl)cc(Br)c1OCc1ccc(Cl)c(Cl)c1)c1cc(-c2ccccc2)nc2ccccc12. The summed E-state index contributed by atoms with van der Waals surface area (Å²) in [5.41, 5.74) is 6.81. The highest BCUT2D eigenvalue weighted by molar-refractivity contribution is 9.10. The Balaban J connectivity index is 1.40. The highest BCUT2D eigenvalue weighted by atomic mass is 79.9. The summed E-state index contributed by atoms with van der Waals surface area (Å²) in [6.07, 6.45) is 1.49. The van der Waals surface area contributed by atoms with Crippen LogP contribution in [0.2, 0.25) is 15.1 Å². The smallest absolute Gasteiger partial charge is 0.272 e. The standard InChI is InChI=1S/C30H19BrCl3N3O2/c31-24-14-21(32)13-20(29(24)39-17-18-10-11-25(33)26(34)12-18)16-35-37-30(38)23-15-28(19-6-2-1-3-7-19)36-27-9-5-4-8-22(23)27/h1-16H,17H2,(H,37,38)/b35-16-. The van der Waals surface area contributed by atoms with Crippen LogP contribution in [0.3, 0.4) is 0 Å². The minimum absolute atomic E-state index is 0.232. The van der Waals surface area contributed by atoms with E-state index < -0.39 is 0 Å². The van der Waals surface area contributed by atoms with Crippen LogP contribution in [-0.2, 0) is 6.61 Å². The maximum absolute atomic E-state index is 13.3. The van der Waals surface area contributed by atoms with E-state index in [9.17, 15) is 4.79 Å². The van der Waals surface area contributed by atoms with E-state index in [4.69, 9.17) is 44.5 Å². The van der Waals surface area contributed by atoms with Gasteiger partial charge in [0.1, 0.15) is 12.4 Å². The van der Waals surface area contributed by atoms with Crippen molar-refractivity contribution >= 4 is 73.8 Å². The number of amides is 1. The molecule has 0 saturated heterocycles. The predicted octanol–water partition coefficient (Wildman–Crippen LogP) is 8.97. The molecule has 0 aliphatic rings. The lowest BCUT2D eigenvalue weighted by Gasteiger charge is -2.12.